The van der Waals surface area contributed by atoms with E-state index < -0.39 is 0 Å². The van der Waals surface area contributed by atoms with Crippen molar-refractivity contribution in [3.8, 4) is 0 Å². The minimum atomic E-state index is 1.00. The normalized spacial score (nSPS) is 19.2. The van der Waals surface area contributed by atoms with E-state index in [1.807, 2.05) is 11.8 Å². The van der Waals surface area contributed by atoms with Crippen LogP contribution in [-0.2, 0) is 0 Å². The summed E-state index contributed by atoms with van der Waals surface area (Å²) in [6.45, 7) is 0. The number of hydrogen-bond donors (Lipinski definition) is 3. The van der Waals surface area contributed by atoms with Crippen molar-refractivity contribution in [1.82, 2.24) is 0 Å². The summed E-state index contributed by atoms with van der Waals surface area (Å²) in [7, 11) is 0. The number of thioether (sulfide) groups is 1. The van der Waals surface area contributed by atoms with E-state index in [4.69, 9.17) is 5.21 Å². The molecule has 112 valence electrons. The van der Waals surface area contributed by atoms with Gasteiger partial charge in [-0.05, 0) is 25.4 Å². The Morgan fingerprint density at radius 3 is 1.28 bits per heavy atom. The maximum atomic E-state index is 6.50. The van der Waals surface area contributed by atoms with E-state index in [0.29, 0.717) is 0 Å². The Morgan fingerprint density at radius 1 is 0.778 bits per heavy atom. The average Bonchev–Trinajstić information content (AvgIpc) is 2.54. The molecule has 2 aliphatic rings. The lowest BCUT2D eigenvalue weighted by atomic mass is 10.0. The Labute approximate surface area is 124 Å². The van der Waals surface area contributed by atoms with Gasteiger partial charge in [0, 0.05) is 5.25 Å². The number of hydrogen-bond acceptors (Lipinski definition) is 4. The van der Waals surface area contributed by atoms with Crippen LogP contribution in [0.1, 0.15) is 70.6 Å². The summed E-state index contributed by atoms with van der Waals surface area (Å²) in [4.78, 5) is 0. The number of nitrogens with two attached hydrogens (primary N) is 1. The first kappa shape index (κ1) is 20.9. The third-order valence-corrected chi connectivity index (χ3v) is 4.52. The van der Waals surface area contributed by atoms with Crippen LogP contribution in [0.2, 0.25) is 0 Å². The van der Waals surface area contributed by atoms with Gasteiger partial charge >= 0.3 is 0 Å². The topological polar surface area (TPSA) is 46.2 Å². The quantitative estimate of drug-likeness (QED) is 0.476. The summed E-state index contributed by atoms with van der Waals surface area (Å²) in [5.74, 6) is 3.50. The second-order valence-electron chi connectivity index (χ2n) is 4.62. The van der Waals surface area contributed by atoms with Gasteiger partial charge in [-0.2, -0.15) is 24.4 Å². The van der Waals surface area contributed by atoms with Crippen LogP contribution in [0.25, 0.3) is 0 Å². The van der Waals surface area contributed by atoms with Crippen molar-refractivity contribution >= 4 is 24.4 Å². The third-order valence-electron chi connectivity index (χ3n) is 3.39. The lowest BCUT2D eigenvalue weighted by Gasteiger charge is -2.18. The fourth-order valence-corrected chi connectivity index (χ4v) is 3.17. The predicted octanol–water partition coefficient (Wildman–Crippen LogP) is 4.90. The van der Waals surface area contributed by atoms with E-state index >= 15 is 0 Å². The highest BCUT2D eigenvalue weighted by molar-refractivity contribution is 7.99. The van der Waals surface area contributed by atoms with E-state index in [0.717, 1.165) is 5.25 Å². The SMILES string of the molecule is C1CCCCC1.CS.CSC1CCCCC1.NO. The maximum Gasteiger partial charge on any atom is 0.00442 e. The molecule has 0 amide bonds. The summed E-state index contributed by atoms with van der Waals surface area (Å²) < 4.78 is 0. The first-order valence-corrected chi connectivity index (χ1v) is 9.35. The minimum Gasteiger partial charge on any atom is -0.320 e. The third kappa shape index (κ3) is 14.7. The van der Waals surface area contributed by atoms with Crippen LogP contribution in [0.4, 0.5) is 0 Å². The molecule has 0 saturated heterocycles. The molecule has 0 aromatic heterocycles. The Kier molecular flexibility index (Phi) is 23.2. The molecule has 0 aliphatic heterocycles. The Bertz CT molecular complexity index is 115. The molecule has 0 heterocycles. The van der Waals surface area contributed by atoms with Gasteiger partial charge in [-0.3, -0.25) is 0 Å². The highest BCUT2D eigenvalue weighted by Gasteiger charge is 2.10. The molecule has 0 aromatic rings. The van der Waals surface area contributed by atoms with Crippen molar-refractivity contribution in [2.45, 2.75) is 75.9 Å². The van der Waals surface area contributed by atoms with Gasteiger partial charge in [0.25, 0.3) is 0 Å². The zero-order chi connectivity index (χ0) is 14.1. The average molecular weight is 296 g/mol. The van der Waals surface area contributed by atoms with Gasteiger partial charge in [0.1, 0.15) is 0 Å². The molecule has 0 bridgehead atoms. The monoisotopic (exact) mass is 295 g/mol. The molecular formula is C14H33NOS2. The second-order valence-corrected chi connectivity index (χ2v) is 5.76. The fraction of sp³-hybridized carbons (Fsp3) is 1.00. The summed E-state index contributed by atoms with van der Waals surface area (Å²) in [5, 5.41) is 7.50. The van der Waals surface area contributed by atoms with Crippen molar-refractivity contribution in [2.24, 2.45) is 5.90 Å². The van der Waals surface area contributed by atoms with Crippen LogP contribution in [0.15, 0.2) is 0 Å². The highest BCUT2D eigenvalue weighted by atomic mass is 32.2. The van der Waals surface area contributed by atoms with Crippen molar-refractivity contribution in [1.29, 1.82) is 0 Å². The summed E-state index contributed by atoms with van der Waals surface area (Å²) >= 11 is 5.57. The van der Waals surface area contributed by atoms with Gasteiger partial charge in [0.2, 0.25) is 0 Å². The minimum absolute atomic E-state index is 1.00. The molecule has 3 N–H and O–H groups in total. The van der Waals surface area contributed by atoms with Crippen molar-refractivity contribution in [3.05, 3.63) is 0 Å². The summed E-state index contributed by atoms with van der Waals surface area (Å²) in [6, 6.07) is 0. The molecule has 18 heavy (non-hydrogen) atoms. The Balaban J connectivity index is 0. The lowest BCUT2D eigenvalue weighted by Crippen LogP contribution is -2.06. The van der Waals surface area contributed by atoms with Crippen LogP contribution in [0.3, 0.4) is 0 Å². The largest absolute Gasteiger partial charge is 0.320 e. The smallest absolute Gasteiger partial charge is 0.00442 e. The van der Waals surface area contributed by atoms with E-state index in [-0.39, 0.29) is 0 Å². The molecule has 2 aliphatic carbocycles. The van der Waals surface area contributed by atoms with E-state index in [1.54, 1.807) is 6.26 Å². The fourth-order valence-electron chi connectivity index (χ4n) is 2.36. The molecule has 2 nitrogen and oxygen atoms in total. The molecule has 0 aromatic carbocycles. The molecule has 4 heteroatoms. The van der Waals surface area contributed by atoms with Crippen molar-refractivity contribution < 1.29 is 5.21 Å². The standard InChI is InChI=1S/C7H14S.C6H12.CH4S.H3NO/c1-8-7-5-3-2-4-6-7;1-2-4-6-5-3-1;2*1-2/h7H,2-6H2,1H3;1-6H2;2H,1H3;2H,1H2. The summed E-state index contributed by atoms with van der Waals surface area (Å²) in [6.07, 6.45) is 20.3. The van der Waals surface area contributed by atoms with Gasteiger partial charge in [-0.15, -0.1) is 0 Å². The zero-order valence-corrected chi connectivity index (χ0v) is 13.9. The summed E-state index contributed by atoms with van der Waals surface area (Å²) in [5.41, 5.74) is 0. The number of thiol groups is 1. The van der Waals surface area contributed by atoms with Gasteiger partial charge in [0.05, 0.1) is 0 Å². The molecule has 0 radical (unpaired) electrons. The molecule has 0 spiro atoms. The van der Waals surface area contributed by atoms with E-state index in [9.17, 15) is 0 Å². The Morgan fingerprint density at radius 2 is 1.06 bits per heavy atom. The predicted molar refractivity (Wildman–Crippen MR) is 89.0 cm³/mol. The van der Waals surface area contributed by atoms with Gasteiger partial charge in [-0.1, -0.05) is 57.8 Å². The molecule has 2 rings (SSSR count). The number of rotatable bonds is 1. The first-order chi connectivity index (χ1) is 8.93. The van der Waals surface area contributed by atoms with Crippen LogP contribution < -0.4 is 5.90 Å². The molecule has 2 fully saturated rings. The lowest BCUT2D eigenvalue weighted by molar-refractivity contribution is 0.311. The first-order valence-electron chi connectivity index (χ1n) is 7.17. The van der Waals surface area contributed by atoms with Gasteiger partial charge in [0.15, 0.2) is 0 Å². The van der Waals surface area contributed by atoms with Crippen molar-refractivity contribution in [2.75, 3.05) is 12.5 Å². The van der Waals surface area contributed by atoms with Crippen molar-refractivity contribution in [3.63, 3.8) is 0 Å². The molecular weight excluding hydrogens is 262 g/mol. The van der Waals surface area contributed by atoms with Gasteiger partial charge in [-0.25, -0.2) is 5.90 Å². The second kappa shape index (κ2) is 19.9. The Hall–Kier alpha value is 0.620. The highest BCUT2D eigenvalue weighted by Crippen LogP contribution is 2.25. The maximum absolute atomic E-state index is 6.50. The molecule has 0 atom stereocenters. The zero-order valence-electron chi connectivity index (χ0n) is 12.2. The van der Waals surface area contributed by atoms with Crippen LogP contribution in [0, 0.1) is 0 Å². The molecule has 0 unspecified atom stereocenters. The van der Waals surface area contributed by atoms with Gasteiger partial charge < -0.3 is 5.21 Å². The van der Waals surface area contributed by atoms with Crippen LogP contribution in [0.5, 0.6) is 0 Å². The van der Waals surface area contributed by atoms with E-state index in [1.165, 1.54) is 70.6 Å². The molecule has 2 saturated carbocycles. The van der Waals surface area contributed by atoms with E-state index in [2.05, 4.69) is 24.8 Å². The van der Waals surface area contributed by atoms with Crippen LogP contribution >= 0.6 is 24.4 Å². The van der Waals surface area contributed by atoms with Crippen LogP contribution in [-0.4, -0.2) is 23.0 Å².